The van der Waals surface area contributed by atoms with Crippen LogP contribution in [0.25, 0.3) is 5.70 Å². The Bertz CT molecular complexity index is 1490. The van der Waals surface area contributed by atoms with Crippen LogP contribution in [-0.2, 0) is 16.1 Å². The lowest BCUT2D eigenvalue weighted by atomic mass is 9.79. The Kier molecular flexibility index (Phi) is 6.60. The second-order valence-electron chi connectivity index (χ2n) is 8.70. The summed E-state index contributed by atoms with van der Waals surface area (Å²) in [6, 6.07) is 17.0. The van der Waals surface area contributed by atoms with Gasteiger partial charge in [-0.1, -0.05) is 36.4 Å². The Labute approximate surface area is 221 Å². The minimum Gasteiger partial charge on any atom is -0.493 e. The Balaban J connectivity index is 1.60. The lowest BCUT2D eigenvalue weighted by Crippen LogP contribution is -2.29. The lowest BCUT2D eigenvalue weighted by molar-refractivity contribution is -0.136. The van der Waals surface area contributed by atoms with Gasteiger partial charge in [0.05, 0.1) is 30.0 Å². The summed E-state index contributed by atoms with van der Waals surface area (Å²) in [5.41, 5.74) is 4.92. The molecule has 0 saturated carbocycles. The van der Waals surface area contributed by atoms with Gasteiger partial charge in [-0.05, 0) is 58.2 Å². The quantitative estimate of drug-likeness (QED) is 0.375. The number of methoxy groups -OCH3 is 2. The zero-order chi connectivity index (χ0) is 26.3. The molecular formula is C29H23BrFNO5. The van der Waals surface area contributed by atoms with Crippen LogP contribution in [0.1, 0.15) is 39.9 Å². The zero-order valence-electron chi connectivity index (χ0n) is 20.4. The van der Waals surface area contributed by atoms with E-state index >= 15 is 0 Å². The molecule has 0 aromatic heterocycles. The van der Waals surface area contributed by atoms with E-state index in [0.29, 0.717) is 49.6 Å². The van der Waals surface area contributed by atoms with Gasteiger partial charge in [-0.25, -0.2) is 9.18 Å². The molecule has 188 valence electrons. The van der Waals surface area contributed by atoms with Gasteiger partial charge in [-0.15, -0.1) is 0 Å². The molecule has 3 aromatic carbocycles. The number of rotatable bonds is 6. The highest BCUT2D eigenvalue weighted by Crippen LogP contribution is 2.49. The fraction of sp³-hybridized carbons (Fsp3) is 0.172. The summed E-state index contributed by atoms with van der Waals surface area (Å²) in [4.78, 5) is 26.6. The van der Waals surface area contributed by atoms with E-state index in [9.17, 15) is 14.0 Å². The Morgan fingerprint density at radius 2 is 1.76 bits per heavy atom. The minimum atomic E-state index is -0.694. The number of Topliss-reactive ketones (excluding diaryl/α,β-unsaturated/α-hetero) is 1. The topological polar surface area (TPSA) is 73.9 Å². The van der Waals surface area contributed by atoms with Crippen LogP contribution < -0.4 is 14.8 Å². The molecule has 1 atom stereocenters. The summed E-state index contributed by atoms with van der Waals surface area (Å²) in [6.45, 7) is 1.98. The van der Waals surface area contributed by atoms with Crippen molar-refractivity contribution in [3.63, 3.8) is 0 Å². The SMILES string of the molecule is COC(=O)C1=C(C)NC2=C(C(=O)c3ccccc32)[C@@H]1c1cc(Br)c(OCc2ccc(F)cc2)c(OC)c1. The van der Waals surface area contributed by atoms with Crippen LogP contribution >= 0.6 is 15.9 Å². The van der Waals surface area contributed by atoms with Gasteiger partial charge in [-0.2, -0.15) is 0 Å². The molecule has 0 spiro atoms. The molecule has 0 fully saturated rings. The van der Waals surface area contributed by atoms with E-state index in [0.717, 1.165) is 11.1 Å². The van der Waals surface area contributed by atoms with Crippen LogP contribution in [0, 0.1) is 5.82 Å². The normalized spacial score (nSPS) is 16.2. The average Bonchev–Trinajstić information content (AvgIpc) is 3.18. The number of carbonyl (C=O) groups is 2. The first-order valence-corrected chi connectivity index (χ1v) is 12.3. The number of ketones is 1. The summed E-state index contributed by atoms with van der Waals surface area (Å²) < 4.78 is 30.6. The van der Waals surface area contributed by atoms with E-state index in [1.807, 2.05) is 24.3 Å². The van der Waals surface area contributed by atoms with E-state index in [1.54, 1.807) is 31.2 Å². The third-order valence-electron chi connectivity index (χ3n) is 6.54. The Morgan fingerprint density at radius 1 is 1.05 bits per heavy atom. The van der Waals surface area contributed by atoms with Crippen molar-refractivity contribution in [1.29, 1.82) is 0 Å². The average molecular weight is 564 g/mol. The number of carbonyl (C=O) groups excluding carboxylic acids is 2. The van der Waals surface area contributed by atoms with Crippen molar-refractivity contribution in [2.45, 2.75) is 19.4 Å². The van der Waals surface area contributed by atoms with E-state index in [4.69, 9.17) is 14.2 Å². The molecule has 5 rings (SSSR count). The second-order valence-corrected chi connectivity index (χ2v) is 9.56. The number of ether oxygens (including phenoxy) is 3. The summed E-state index contributed by atoms with van der Waals surface area (Å²) >= 11 is 3.58. The van der Waals surface area contributed by atoms with Gasteiger partial charge in [0.2, 0.25) is 0 Å². The van der Waals surface area contributed by atoms with Crippen molar-refractivity contribution >= 4 is 33.4 Å². The molecule has 37 heavy (non-hydrogen) atoms. The van der Waals surface area contributed by atoms with E-state index < -0.39 is 11.9 Å². The molecule has 1 aliphatic carbocycles. The first-order chi connectivity index (χ1) is 17.8. The third kappa shape index (κ3) is 4.31. The number of dihydropyridines is 1. The molecule has 0 unspecified atom stereocenters. The summed E-state index contributed by atoms with van der Waals surface area (Å²) in [5, 5.41) is 3.27. The number of halogens is 2. The monoisotopic (exact) mass is 563 g/mol. The number of benzene rings is 3. The van der Waals surface area contributed by atoms with Crippen molar-refractivity contribution in [3.05, 3.63) is 110 Å². The van der Waals surface area contributed by atoms with Crippen LogP contribution in [0.2, 0.25) is 0 Å². The molecule has 0 bridgehead atoms. The number of hydrogen-bond acceptors (Lipinski definition) is 6. The highest BCUT2D eigenvalue weighted by Gasteiger charge is 2.43. The highest BCUT2D eigenvalue weighted by molar-refractivity contribution is 9.10. The lowest BCUT2D eigenvalue weighted by Gasteiger charge is -2.29. The zero-order valence-corrected chi connectivity index (χ0v) is 21.9. The number of nitrogens with one attached hydrogen (secondary N) is 1. The largest absolute Gasteiger partial charge is 0.493 e. The number of allylic oxidation sites excluding steroid dienone is 2. The summed E-state index contributed by atoms with van der Waals surface area (Å²) in [6.07, 6.45) is 0. The van der Waals surface area contributed by atoms with Gasteiger partial charge in [0.15, 0.2) is 17.3 Å². The number of esters is 1. The number of fused-ring (bicyclic) bond motifs is 2. The fourth-order valence-electron chi connectivity index (χ4n) is 4.83. The Morgan fingerprint density at radius 3 is 2.43 bits per heavy atom. The predicted molar refractivity (Wildman–Crippen MR) is 140 cm³/mol. The van der Waals surface area contributed by atoms with Crippen molar-refractivity contribution in [2.75, 3.05) is 14.2 Å². The molecule has 6 nitrogen and oxygen atoms in total. The maximum Gasteiger partial charge on any atom is 0.336 e. The second kappa shape index (κ2) is 9.86. The number of hydrogen-bond donors (Lipinski definition) is 1. The maximum absolute atomic E-state index is 13.6. The Hall–Kier alpha value is -3.91. The van der Waals surface area contributed by atoms with Crippen molar-refractivity contribution in [1.82, 2.24) is 5.32 Å². The molecule has 1 aliphatic heterocycles. The molecule has 0 amide bonds. The van der Waals surface area contributed by atoms with Gasteiger partial charge < -0.3 is 19.5 Å². The van der Waals surface area contributed by atoms with E-state index in [-0.39, 0.29) is 18.2 Å². The highest BCUT2D eigenvalue weighted by atomic mass is 79.9. The first kappa shape index (κ1) is 24.8. The smallest absolute Gasteiger partial charge is 0.336 e. The first-order valence-electron chi connectivity index (χ1n) is 11.5. The van der Waals surface area contributed by atoms with Crippen molar-refractivity contribution in [3.8, 4) is 11.5 Å². The molecular weight excluding hydrogens is 541 g/mol. The van der Waals surface area contributed by atoms with E-state index in [2.05, 4.69) is 21.2 Å². The van der Waals surface area contributed by atoms with Gasteiger partial charge in [0.1, 0.15) is 12.4 Å². The van der Waals surface area contributed by atoms with E-state index in [1.165, 1.54) is 26.4 Å². The van der Waals surface area contributed by atoms with Crippen LogP contribution in [-0.4, -0.2) is 26.0 Å². The molecule has 0 saturated heterocycles. The van der Waals surface area contributed by atoms with Gasteiger partial charge in [0.25, 0.3) is 0 Å². The van der Waals surface area contributed by atoms with Gasteiger partial charge >= 0.3 is 5.97 Å². The summed E-state index contributed by atoms with van der Waals surface area (Å²) in [5.74, 6) is -0.839. The third-order valence-corrected chi connectivity index (χ3v) is 7.12. The minimum absolute atomic E-state index is 0.149. The van der Waals surface area contributed by atoms with Crippen LogP contribution in [0.3, 0.4) is 0 Å². The van der Waals surface area contributed by atoms with Crippen LogP contribution in [0.15, 0.2) is 82.0 Å². The van der Waals surface area contributed by atoms with Crippen molar-refractivity contribution < 1.29 is 28.2 Å². The maximum atomic E-state index is 13.6. The van der Waals surface area contributed by atoms with Crippen molar-refractivity contribution in [2.24, 2.45) is 0 Å². The molecule has 3 aromatic rings. The standard InChI is InChI=1S/C29H23BrFNO5/c1-15-23(29(34)36-3)24(25-26(32-15)19-6-4-5-7-20(19)27(25)33)17-12-21(30)28(22(13-17)35-2)37-14-16-8-10-18(31)11-9-16/h4-13,24,32H,14H2,1-3H3/t24-/m1/s1. The van der Waals surface area contributed by atoms with Gasteiger partial charge in [-0.3, -0.25) is 4.79 Å². The fourth-order valence-corrected chi connectivity index (χ4v) is 5.40. The molecule has 0 radical (unpaired) electrons. The molecule has 8 heteroatoms. The van der Waals surface area contributed by atoms with Crippen LogP contribution in [0.5, 0.6) is 11.5 Å². The molecule has 2 aliphatic rings. The van der Waals surface area contributed by atoms with Gasteiger partial charge in [0, 0.05) is 28.3 Å². The molecule has 1 heterocycles. The predicted octanol–water partition coefficient (Wildman–Crippen LogP) is 5.92. The molecule has 1 N–H and O–H groups in total. The van der Waals surface area contributed by atoms with Crippen LogP contribution in [0.4, 0.5) is 4.39 Å². The summed E-state index contributed by atoms with van der Waals surface area (Å²) in [7, 11) is 2.83.